The Balaban J connectivity index is 3.13. The van der Waals surface area contributed by atoms with Crippen LogP contribution in [0, 0.1) is 0 Å². The molecule has 0 aliphatic heterocycles. The van der Waals surface area contributed by atoms with E-state index >= 15 is 0 Å². The third kappa shape index (κ3) is 10.1. The number of hydrogen-bond donors (Lipinski definition) is 1. The van der Waals surface area contributed by atoms with Crippen LogP contribution in [0.1, 0.15) is 71.1 Å². The maximum absolute atomic E-state index is 10.8. The third-order valence-electron chi connectivity index (χ3n) is 2.70. The van der Waals surface area contributed by atoms with E-state index in [2.05, 4.69) is 6.92 Å². The van der Waals surface area contributed by atoms with Crippen molar-refractivity contribution in [3.8, 4) is 0 Å². The lowest BCUT2D eigenvalue weighted by Crippen LogP contribution is -1.98. The van der Waals surface area contributed by atoms with Crippen molar-refractivity contribution in [3.05, 3.63) is 0 Å². The summed E-state index contributed by atoms with van der Waals surface area (Å²) in [5.74, 6) is 0. The molecule has 0 aromatic heterocycles. The third-order valence-corrected chi connectivity index (χ3v) is 3.33. The zero-order valence-corrected chi connectivity index (χ0v) is 11.1. The summed E-state index contributed by atoms with van der Waals surface area (Å²) in [5.41, 5.74) is 0. The molecule has 0 atom stereocenters. The van der Waals surface area contributed by atoms with E-state index in [0.29, 0.717) is 0 Å². The van der Waals surface area contributed by atoms with Gasteiger partial charge in [-0.1, -0.05) is 58.3 Å². The molecule has 0 aromatic carbocycles. The molecule has 4 heteroatoms. The van der Waals surface area contributed by atoms with Crippen molar-refractivity contribution in [3.63, 3.8) is 0 Å². The zero-order valence-electron chi connectivity index (χ0n) is 10.2. The van der Waals surface area contributed by atoms with Crippen molar-refractivity contribution in [1.82, 2.24) is 0 Å². The molecule has 0 aliphatic carbocycles. The Morgan fingerprint density at radius 3 is 1.69 bits per heavy atom. The Morgan fingerprint density at radius 2 is 1.25 bits per heavy atom. The van der Waals surface area contributed by atoms with Gasteiger partial charge in [0.15, 0.2) is 0 Å². The highest BCUT2D eigenvalue weighted by molar-refractivity contribution is 7.89. The lowest BCUT2D eigenvalue weighted by molar-refractivity contribution is -0.111. The van der Waals surface area contributed by atoms with Crippen molar-refractivity contribution in [1.29, 1.82) is 0 Å². The van der Waals surface area contributed by atoms with E-state index in [0.717, 1.165) is 19.3 Å². The number of hydrogen-bond acceptors (Lipinski definition) is 3. The van der Waals surface area contributed by atoms with Crippen LogP contribution < -0.4 is 0 Å². The highest BCUT2D eigenvalue weighted by atomic mass is 32.2. The number of thiol groups is 1. The Labute approximate surface area is 101 Å². The highest BCUT2D eigenvalue weighted by Gasteiger charge is 2.02. The molecule has 0 unspecified atom stereocenters. The largest absolute Gasteiger partial charge is 0.282 e. The van der Waals surface area contributed by atoms with Crippen LogP contribution in [0.4, 0.5) is 0 Å². The average Bonchev–Trinajstić information content (AvgIpc) is 2.26. The first-order valence-electron chi connectivity index (χ1n) is 6.35. The van der Waals surface area contributed by atoms with E-state index in [9.17, 15) is 13.2 Å². The highest BCUT2D eigenvalue weighted by Crippen LogP contribution is 2.10. The standard InChI is InChI=1S/C12H24O3S/c1-2-3-4-5-6-7-8-9-10-11-12(13)16(14)15/h16H,2-11H2,1H3. The van der Waals surface area contributed by atoms with Gasteiger partial charge in [-0.25, -0.2) is 8.42 Å². The Kier molecular flexibility index (Phi) is 10.9. The number of rotatable bonds is 10. The molecular formula is C12H24O3S. The molecule has 0 radical (unpaired) electrons. The minimum absolute atomic E-state index is 0.203. The number of carbonyl (C=O) groups excluding carboxylic acids is 1. The van der Waals surface area contributed by atoms with Crippen LogP contribution in [0.3, 0.4) is 0 Å². The molecular weight excluding hydrogens is 224 g/mol. The molecule has 3 nitrogen and oxygen atoms in total. The van der Waals surface area contributed by atoms with Gasteiger partial charge in [0.05, 0.1) is 0 Å². The van der Waals surface area contributed by atoms with E-state index in [4.69, 9.17) is 0 Å². The Bertz CT molecular complexity index is 239. The van der Waals surface area contributed by atoms with Gasteiger partial charge in [-0.3, -0.25) is 4.79 Å². The first kappa shape index (κ1) is 15.6. The fraction of sp³-hybridized carbons (Fsp3) is 0.917. The summed E-state index contributed by atoms with van der Waals surface area (Å²) in [5, 5.41) is -0.613. The predicted molar refractivity (Wildman–Crippen MR) is 67.2 cm³/mol. The fourth-order valence-electron chi connectivity index (χ4n) is 1.68. The molecule has 0 bridgehead atoms. The normalized spacial score (nSPS) is 10.9. The van der Waals surface area contributed by atoms with Crippen LogP contribution in [-0.4, -0.2) is 13.5 Å². The maximum atomic E-state index is 10.8. The summed E-state index contributed by atoms with van der Waals surface area (Å²) >= 11 is 0. The van der Waals surface area contributed by atoms with E-state index < -0.39 is 15.8 Å². The van der Waals surface area contributed by atoms with Gasteiger partial charge in [-0.15, -0.1) is 0 Å². The van der Waals surface area contributed by atoms with Crippen LogP contribution in [0.25, 0.3) is 0 Å². The van der Waals surface area contributed by atoms with E-state index in [-0.39, 0.29) is 6.42 Å². The SMILES string of the molecule is CCCCCCCCCCCC(=O)[SH](=O)=O. The van der Waals surface area contributed by atoms with E-state index in [1.165, 1.54) is 38.5 Å². The summed E-state index contributed by atoms with van der Waals surface area (Å²) < 4.78 is 20.5. The first-order valence-corrected chi connectivity index (χ1v) is 7.53. The van der Waals surface area contributed by atoms with Gasteiger partial charge in [0.2, 0.25) is 15.8 Å². The second-order valence-corrected chi connectivity index (χ2v) is 5.24. The first-order chi connectivity index (χ1) is 7.68. The summed E-state index contributed by atoms with van der Waals surface area (Å²) in [6, 6.07) is 0. The number of unbranched alkanes of at least 4 members (excludes halogenated alkanes) is 8. The molecule has 0 saturated carbocycles. The lowest BCUT2D eigenvalue weighted by atomic mass is 10.1. The van der Waals surface area contributed by atoms with Gasteiger partial charge in [0.1, 0.15) is 0 Å². The van der Waals surface area contributed by atoms with Gasteiger partial charge in [0, 0.05) is 6.42 Å². The predicted octanol–water partition coefficient (Wildman–Crippen LogP) is 3.05. The molecule has 0 aliphatic rings. The van der Waals surface area contributed by atoms with Gasteiger partial charge >= 0.3 is 0 Å². The molecule has 0 saturated heterocycles. The lowest BCUT2D eigenvalue weighted by Gasteiger charge is -2.00. The quantitative estimate of drug-likeness (QED) is 0.477. The van der Waals surface area contributed by atoms with Crippen molar-refractivity contribution >= 4 is 15.8 Å². The summed E-state index contributed by atoms with van der Waals surface area (Å²) in [6.45, 7) is 2.21. The van der Waals surface area contributed by atoms with Gasteiger partial charge in [0.25, 0.3) is 0 Å². The second-order valence-electron chi connectivity index (χ2n) is 4.23. The van der Waals surface area contributed by atoms with Crippen molar-refractivity contribution in [2.75, 3.05) is 0 Å². The molecule has 0 spiro atoms. The van der Waals surface area contributed by atoms with Crippen molar-refractivity contribution in [2.45, 2.75) is 71.1 Å². The van der Waals surface area contributed by atoms with Gasteiger partial charge in [-0.05, 0) is 6.42 Å². The van der Waals surface area contributed by atoms with Crippen LogP contribution >= 0.6 is 0 Å². The van der Waals surface area contributed by atoms with Crippen LogP contribution in [0.2, 0.25) is 0 Å². The molecule has 0 N–H and O–H groups in total. The van der Waals surface area contributed by atoms with Crippen LogP contribution in [0.5, 0.6) is 0 Å². The maximum Gasteiger partial charge on any atom is 0.243 e. The monoisotopic (exact) mass is 248 g/mol. The van der Waals surface area contributed by atoms with Crippen LogP contribution in [-0.2, 0) is 15.5 Å². The van der Waals surface area contributed by atoms with Crippen LogP contribution in [0.15, 0.2) is 0 Å². The summed E-state index contributed by atoms with van der Waals surface area (Å²) in [6.07, 6.45) is 10.7. The topological polar surface area (TPSA) is 51.2 Å². The smallest absolute Gasteiger partial charge is 0.243 e. The number of carbonyl (C=O) groups is 1. The Hall–Kier alpha value is -0.380. The molecule has 0 fully saturated rings. The zero-order chi connectivity index (χ0) is 12.2. The summed E-state index contributed by atoms with van der Waals surface area (Å²) in [7, 11) is -2.84. The van der Waals surface area contributed by atoms with Crippen molar-refractivity contribution in [2.24, 2.45) is 0 Å². The molecule has 0 heterocycles. The average molecular weight is 248 g/mol. The van der Waals surface area contributed by atoms with E-state index in [1.54, 1.807) is 0 Å². The summed E-state index contributed by atoms with van der Waals surface area (Å²) in [4.78, 5) is 10.8. The van der Waals surface area contributed by atoms with Gasteiger partial charge < -0.3 is 0 Å². The molecule has 96 valence electrons. The Morgan fingerprint density at radius 1 is 0.812 bits per heavy atom. The van der Waals surface area contributed by atoms with Crippen molar-refractivity contribution < 1.29 is 13.2 Å². The molecule has 0 aromatic rings. The van der Waals surface area contributed by atoms with E-state index in [1.807, 2.05) is 0 Å². The van der Waals surface area contributed by atoms with Gasteiger partial charge in [-0.2, -0.15) is 0 Å². The molecule has 16 heavy (non-hydrogen) atoms. The fourth-order valence-corrected chi connectivity index (χ4v) is 2.02. The minimum Gasteiger partial charge on any atom is -0.282 e. The molecule has 0 rings (SSSR count). The second kappa shape index (κ2) is 11.1. The molecule has 0 amide bonds. The minimum atomic E-state index is -2.84.